The van der Waals surface area contributed by atoms with Gasteiger partial charge < -0.3 is 10.1 Å². The standard InChI is InChI=1S/C14H14F2N2OS/c1-19-13-10(5-4-8-17-13)9-18-11-6-2-3-7-12(11)20-14(15)16/h2-8,14,18H,9H2,1H3. The third-order valence-corrected chi connectivity index (χ3v) is 3.40. The van der Waals surface area contributed by atoms with E-state index < -0.39 is 5.76 Å². The molecule has 0 fully saturated rings. The van der Waals surface area contributed by atoms with Crippen molar-refractivity contribution in [2.75, 3.05) is 12.4 Å². The summed E-state index contributed by atoms with van der Waals surface area (Å²) in [6.45, 7) is 0.456. The minimum absolute atomic E-state index is 0.456. The zero-order chi connectivity index (χ0) is 14.4. The molecule has 6 heteroatoms. The predicted octanol–water partition coefficient (Wildman–Crippen LogP) is 4.02. The molecule has 3 nitrogen and oxygen atoms in total. The zero-order valence-electron chi connectivity index (χ0n) is 10.8. The summed E-state index contributed by atoms with van der Waals surface area (Å²) in [6.07, 6.45) is 1.64. The van der Waals surface area contributed by atoms with E-state index in [0.29, 0.717) is 34.8 Å². The molecule has 0 aliphatic rings. The Balaban J connectivity index is 2.11. The summed E-state index contributed by atoms with van der Waals surface area (Å²) in [5, 5.41) is 3.14. The highest BCUT2D eigenvalue weighted by molar-refractivity contribution is 7.99. The predicted molar refractivity (Wildman–Crippen MR) is 76.4 cm³/mol. The van der Waals surface area contributed by atoms with Crippen LogP contribution in [0.3, 0.4) is 0 Å². The fourth-order valence-electron chi connectivity index (χ4n) is 1.74. The number of aromatic nitrogens is 1. The van der Waals surface area contributed by atoms with Crippen molar-refractivity contribution in [3.63, 3.8) is 0 Å². The van der Waals surface area contributed by atoms with Crippen molar-refractivity contribution in [3.05, 3.63) is 48.2 Å². The van der Waals surface area contributed by atoms with E-state index in [9.17, 15) is 8.78 Å². The van der Waals surface area contributed by atoms with E-state index in [-0.39, 0.29) is 0 Å². The van der Waals surface area contributed by atoms with Gasteiger partial charge in [-0.2, -0.15) is 8.78 Å². The van der Waals surface area contributed by atoms with Crippen LogP contribution in [0.15, 0.2) is 47.5 Å². The second-order valence-corrected chi connectivity index (χ2v) is 4.93. The molecule has 2 rings (SSSR count). The maximum atomic E-state index is 12.5. The van der Waals surface area contributed by atoms with Gasteiger partial charge in [0.15, 0.2) is 0 Å². The molecule has 1 heterocycles. The number of anilines is 1. The average molecular weight is 296 g/mol. The zero-order valence-corrected chi connectivity index (χ0v) is 11.7. The quantitative estimate of drug-likeness (QED) is 0.817. The van der Waals surface area contributed by atoms with E-state index in [1.165, 1.54) is 0 Å². The van der Waals surface area contributed by atoms with Gasteiger partial charge in [0.25, 0.3) is 5.76 Å². The van der Waals surface area contributed by atoms with Crippen molar-refractivity contribution in [1.29, 1.82) is 0 Å². The fourth-order valence-corrected chi connectivity index (χ4v) is 2.36. The third kappa shape index (κ3) is 3.84. The summed E-state index contributed by atoms with van der Waals surface area (Å²) in [5.41, 5.74) is 1.54. The van der Waals surface area contributed by atoms with E-state index >= 15 is 0 Å². The van der Waals surface area contributed by atoms with Crippen LogP contribution in [0.4, 0.5) is 14.5 Å². The van der Waals surface area contributed by atoms with Gasteiger partial charge in [0.2, 0.25) is 5.88 Å². The minimum atomic E-state index is -2.44. The number of rotatable bonds is 6. The van der Waals surface area contributed by atoms with Gasteiger partial charge in [-0.05, 0) is 18.2 Å². The molecule has 0 saturated carbocycles. The number of benzene rings is 1. The van der Waals surface area contributed by atoms with Crippen molar-refractivity contribution in [2.45, 2.75) is 17.2 Å². The second-order valence-electron chi connectivity index (χ2n) is 3.90. The van der Waals surface area contributed by atoms with Gasteiger partial charge in [-0.15, -0.1) is 0 Å². The Morgan fingerprint density at radius 1 is 1.25 bits per heavy atom. The van der Waals surface area contributed by atoms with Gasteiger partial charge in [0, 0.05) is 28.9 Å². The highest BCUT2D eigenvalue weighted by Gasteiger charge is 2.10. The van der Waals surface area contributed by atoms with Crippen molar-refractivity contribution in [1.82, 2.24) is 4.98 Å². The first-order chi connectivity index (χ1) is 9.70. The van der Waals surface area contributed by atoms with Crippen LogP contribution in [0.1, 0.15) is 5.56 Å². The number of alkyl halides is 2. The summed E-state index contributed by atoms with van der Waals surface area (Å²) in [5.74, 6) is -1.91. The van der Waals surface area contributed by atoms with E-state index in [2.05, 4.69) is 10.3 Å². The monoisotopic (exact) mass is 296 g/mol. The molecule has 1 N–H and O–H groups in total. The number of hydrogen-bond donors (Lipinski definition) is 1. The number of halogens is 2. The van der Waals surface area contributed by atoms with Gasteiger partial charge in [0.05, 0.1) is 7.11 Å². The van der Waals surface area contributed by atoms with Crippen LogP contribution < -0.4 is 10.1 Å². The Morgan fingerprint density at radius 2 is 2.05 bits per heavy atom. The molecule has 1 aromatic carbocycles. The highest BCUT2D eigenvalue weighted by Crippen LogP contribution is 2.32. The van der Waals surface area contributed by atoms with Gasteiger partial charge in [-0.1, -0.05) is 30.0 Å². The van der Waals surface area contributed by atoms with Crippen LogP contribution >= 0.6 is 11.8 Å². The Morgan fingerprint density at radius 3 is 2.80 bits per heavy atom. The number of ether oxygens (including phenoxy) is 1. The number of hydrogen-bond acceptors (Lipinski definition) is 4. The molecule has 0 radical (unpaired) electrons. The molecule has 0 saturated heterocycles. The third-order valence-electron chi connectivity index (χ3n) is 2.62. The van der Waals surface area contributed by atoms with Crippen molar-refractivity contribution in [2.24, 2.45) is 0 Å². The fraction of sp³-hybridized carbons (Fsp3) is 0.214. The molecule has 2 aromatic rings. The van der Waals surface area contributed by atoms with Crippen LogP contribution in [0.2, 0.25) is 0 Å². The normalized spacial score (nSPS) is 10.6. The lowest BCUT2D eigenvalue weighted by Gasteiger charge is -2.12. The Bertz CT molecular complexity index is 566. The molecular weight excluding hydrogens is 282 g/mol. The Kier molecular flexibility index (Phi) is 5.17. The Hall–Kier alpha value is -1.82. The molecule has 0 spiro atoms. The smallest absolute Gasteiger partial charge is 0.288 e. The van der Waals surface area contributed by atoms with E-state index in [1.54, 1.807) is 43.6 Å². The van der Waals surface area contributed by atoms with Gasteiger partial charge >= 0.3 is 0 Å². The van der Waals surface area contributed by atoms with Crippen LogP contribution in [0.5, 0.6) is 5.88 Å². The summed E-state index contributed by atoms with van der Waals surface area (Å²) < 4.78 is 30.1. The molecule has 20 heavy (non-hydrogen) atoms. The van der Waals surface area contributed by atoms with Crippen molar-refractivity contribution in [3.8, 4) is 5.88 Å². The van der Waals surface area contributed by atoms with Crippen molar-refractivity contribution < 1.29 is 13.5 Å². The highest BCUT2D eigenvalue weighted by atomic mass is 32.2. The van der Waals surface area contributed by atoms with Crippen LogP contribution in [0.25, 0.3) is 0 Å². The first-order valence-corrected chi connectivity index (χ1v) is 6.84. The lowest BCUT2D eigenvalue weighted by Crippen LogP contribution is -2.03. The first-order valence-electron chi connectivity index (χ1n) is 5.96. The van der Waals surface area contributed by atoms with Crippen LogP contribution in [0, 0.1) is 0 Å². The lowest BCUT2D eigenvalue weighted by atomic mass is 10.2. The molecule has 0 amide bonds. The molecule has 1 aromatic heterocycles. The van der Waals surface area contributed by atoms with Gasteiger partial charge in [0.1, 0.15) is 0 Å². The summed E-state index contributed by atoms with van der Waals surface area (Å²) >= 11 is 0.527. The first kappa shape index (κ1) is 14.6. The average Bonchev–Trinajstić information content (AvgIpc) is 2.46. The van der Waals surface area contributed by atoms with Gasteiger partial charge in [-0.3, -0.25) is 0 Å². The summed E-state index contributed by atoms with van der Waals surface area (Å²) in [4.78, 5) is 4.61. The summed E-state index contributed by atoms with van der Waals surface area (Å²) in [7, 11) is 1.55. The number of nitrogens with one attached hydrogen (secondary N) is 1. The molecule has 0 unspecified atom stereocenters. The van der Waals surface area contributed by atoms with E-state index in [1.807, 2.05) is 6.07 Å². The SMILES string of the molecule is COc1ncccc1CNc1ccccc1SC(F)F. The number of para-hydroxylation sites is 1. The minimum Gasteiger partial charge on any atom is -0.481 e. The maximum Gasteiger partial charge on any atom is 0.288 e. The maximum absolute atomic E-state index is 12.5. The lowest BCUT2D eigenvalue weighted by molar-refractivity contribution is 0.252. The second kappa shape index (κ2) is 7.09. The largest absolute Gasteiger partial charge is 0.481 e. The van der Waals surface area contributed by atoms with E-state index in [4.69, 9.17) is 4.74 Å². The summed E-state index contributed by atoms with van der Waals surface area (Å²) in [6, 6.07) is 10.7. The number of thioether (sulfide) groups is 1. The molecule has 0 bridgehead atoms. The van der Waals surface area contributed by atoms with Crippen LogP contribution in [-0.4, -0.2) is 17.9 Å². The number of methoxy groups -OCH3 is 1. The molecule has 0 aliphatic heterocycles. The Labute approximate surface area is 120 Å². The molecule has 106 valence electrons. The van der Waals surface area contributed by atoms with Crippen molar-refractivity contribution >= 4 is 17.4 Å². The molecule has 0 aliphatic carbocycles. The van der Waals surface area contributed by atoms with E-state index in [0.717, 1.165) is 5.56 Å². The number of nitrogens with zero attached hydrogens (tertiary/aromatic N) is 1. The molecular formula is C14H14F2N2OS. The molecule has 0 atom stereocenters. The topological polar surface area (TPSA) is 34.1 Å². The van der Waals surface area contributed by atoms with Crippen LogP contribution in [-0.2, 0) is 6.54 Å². The van der Waals surface area contributed by atoms with Gasteiger partial charge in [-0.25, -0.2) is 4.98 Å². The number of pyridine rings is 1.